The summed E-state index contributed by atoms with van der Waals surface area (Å²) in [6, 6.07) is 15.5. The zero-order chi connectivity index (χ0) is 16.5. The zero-order valence-electron chi connectivity index (χ0n) is 14.2. The lowest BCUT2D eigenvalue weighted by Gasteiger charge is -2.34. The van der Waals surface area contributed by atoms with Gasteiger partial charge in [0, 0.05) is 24.8 Å². The quantitative estimate of drug-likeness (QED) is 0.845. The van der Waals surface area contributed by atoms with E-state index in [2.05, 4.69) is 83.9 Å². The summed E-state index contributed by atoms with van der Waals surface area (Å²) in [5, 5.41) is 3.36. The van der Waals surface area contributed by atoms with Crippen molar-refractivity contribution in [3.8, 4) is 11.1 Å². The maximum Gasteiger partial charge on any atom is 0.0646 e. The maximum atomic E-state index is 3.36. The molecule has 0 atom stereocenters. The normalized spacial score (nSPS) is 15.8. The Morgan fingerprint density at radius 1 is 0.958 bits per heavy atom. The molecule has 24 heavy (non-hydrogen) atoms. The fourth-order valence-corrected chi connectivity index (χ4v) is 3.55. The van der Waals surface area contributed by atoms with Gasteiger partial charge in [0.1, 0.15) is 0 Å². The van der Waals surface area contributed by atoms with Crippen LogP contribution in [-0.2, 0) is 6.54 Å². The smallest absolute Gasteiger partial charge is 0.0646 e. The maximum absolute atomic E-state index is 3.36. The first kappa shape index (κ1) is 14.8. The van der Waals surface area contributed by atoms with Gasteiger partial charge in [-0.1, -0.05) is 54.1 Å². The van der Waals surface area contributed by atoms with Gasteiger partial charge in [-0.25, -0.2) is 0 Å². The largest absolute Gasteiger partial charge is 0.386 e. The Hall–Kier alpha value is -2.74. The average Bonchev–Trinajstić information content (AvgIpc) is 2.86. The molecule has 0 unspecified atom stereocenters. The molecule has 0 radical (unpaired) electrons. The number of allylic oxidation sites excluding steroid dienone is 4. The number of para-hydroxylation sites is 1. The van der Waals surface area contributed by atoms with Crippen molar-refractivity contribution in [1.29, 1.82) is 0 Å². The van der Waals surface area contributed by atoms with Crippen LogP contribution < -0.4 is 10.2 Å². The van der Waals surface area contributed by atoms with Crippen LogP contribution in [0.2, 0.25) is 0 Å². The molecule has 2 nitrogen and oxygen atoms in total. The molecule has 2 heteroatoms. The number of likely N-dealkylation sites (N-methyl/N-ethyl adjacent to an activating group) is 1. The molecule has 0 bridgehead atoms. The lowest BCUT2D eigenvalue weighted by atomic mass is 9.91. The number of fused-ring (bicyclic) bond motifs is 3. The van der Waals surface area contributed by atoms with Crippen LogP contribution in [0, 0.1) is 6.92 Å². The lowest BCUT2D eigenvalue weighted by Crippen LogP contribution is -2.28. The van der Waals surface area contributed by atoms with Gasteiger partial charge in [-0.05, 0) is 42.7 Å². The molecule has 0 aromatic heterocycles. The topological polar surface area (TPSA) is 15.3 Å². The zero-order valence-corrected chi connectivity index (χ0v) is 14.2. The number of nitrogens with zero attached hydrogens (tertiary/aromatic N) is 1. The molecule has 1 N–H and O–H groups in total. The van der Waals surface area contributed by atoms with Crippen LogP contribution in [0.4, 0.5) is 5.69 Å². The molecule has 2 aliphatic rings. The van der Waals surface area contributed by atoms with E-state index in [0.717, 1.165) is 18.7 Å². The van der Waals surface area contributed by atoms with Gasteiger partial charge in [-0.15, -0.1) is 0 Å². The summed E-state index contributed by atoms with van der Waals surface area (Å²) < 4.78 is 0. The lowest BCUT2D eigenvalue weighted by molar-refractivity contribution is 0.885. The summed E-state index contributed by atoms with van der Waals surface area (Å²) in [4.78, 5) is 2.42. The second kappa shape index (κ2) is 6.04. The van der Waals surface area contributed by atoms with Gasteiger partial charge in [-0.2, -0.15) is 0 Å². The van der Waals surface area contributed by atoms with E-state index in [4.69, 9.17) is 0 Å². The van der Waals surface area contributed by atoms with Crippen LogP contribution in [0.15, 0.2) is 78.2 Å². The first-order valence-corrected chi connectivity index (χ1v) is 8.49. The fraction of sp³-hybridized carbons (Fsp3) is 0.182. The van der Waals surface area contributed by atoms with Crippen molar-refractivity contribution in [2.75, 3.05) is 11.9 Å². The van der Waals surface area contributed by atoms with Crippen molar-refractivity contribution < 1.29 is 0 Å². The minimum absolute atomic E-state index is 0.894. The van der Waals surface area contributed by atoms with Crippen molar-refractivity contribution >= 4 is 5.69 Å². The number of aryl methyl sites for hydroxylation is 1. The predicted molar refractivity (Wildman–Crippen MR) is 102 cm³/mol. The highest BCUT2D eigenvalue weighted by atomic mass is 15.2. The molecule has 1 aliphatic heterocycles. The number of benzene rings is 2. The SMILES string of the molecule is CNC1=C(N2Cc3ccc(C)cc3-c3ccccc32)C=CCC=C1. The molecule has 0 spiro atoms. The Kier molecular flexibility index (Phi) is 3.73. The highest BCUT2D eigenvalue weighted by Gasteiger charge is 2.24. The molecule has 4 rings (SSSR count). The van der Waals surface area contributed by atoms with Crippen molar-refractivity contribution in [1.82, 2.24) is 5.32 Å². The predicted octanol–water partition coefficient (Wildman–Crippen LogP) is 4.93. The summed E-state index contributed by atoms with van der Waals surface area (Å²) >= 11 is 0. The molecule has 0 fully saturated rings. The number of rotatable bonds is 2. The van der Waals surface area contributed by atoms with Gasteiger partial charge in [0.15, 0.2) is 0 Å². The second-order valence-corrected chi connectivity index (χ2v) is 6.35. The molecular weight excluding hydrogens is 292 g/mol. The Morgan fingerprint density at radius 2 is 1.79 bits per heavy atom. The monoisotopic (exact) mass is 314 g/mol. The van der Waals surface area contributed by atoms with Crippen LogP contribution in [-0.4, -0.2) is 7.05 Å². The van der Waals surface area contributed by atoms with E-state index in [1.165, 1.54) is 33.6 Å². The summed E-state index contributed by atoms with van der Waals surface area (Å²) in [6.45, 7) is 3.06. The molecular formula is C22H22N2. The van der Waals surface area contributed by atoms with Gasteiger partial charge in [0.2, 0.25) is 0 Å². The van der Waals surface area contributed by atoms with Crippen LogP contribution in [0.25, 0.3) is 11.1 Å². The summed E-state index contributed by atoms with van der Waals surface area (Å²) in [6.07, 6.45) is 9.82. The minimum atomic E-state index is 0.894. The van der Waals surface area contributed by atoms with E-state index in [9.17, 15) is 0 Å². The summed E-state index contributed by atoms with van der Waals surface area (Å²) in [5.74, 6) is 0. The van der Waals surface area contributed by atoms with E-state index >= 15 is 0 Å². The second-order valence-electron chi connectivity index (χ2n) is 6.35. The summed E-state index contributed by atoms with van der Waals surface area (Å²) in [5.41, 5.74) is 9.03. The van der Waals surface area contributed by atoms with E-state index in [1.54, 1.807) is 0 Å². The number of nitrogens with one attached hydrogen (secondary N) is 1. The van der Waals surface area contributed by atoms with Crippen molar-refractivity contribution in [3.05, 3.63) is 89.3 Å². The molecule has 0 saturated carbocycles. The van der Waals surface area contributed by atoms with Gasteiger partial charge in [0.05, 0.1) is 11.4 Å². The number of hydrogen-bond acceptors (Lipinski definition) is 2. The van der Waals surface area contributed by atoms with E-state index in [0.29, 0.717) is 0 Å². The molecule has 120 valence electrons. The number of anilines is 1. The van der Waals surface area contributed by atoms with E-state index < -0.39 is 0 Å². The molecule has 0 saturated heterocycles. The minimum Gasteiger partial charge on any atom is -0.386 e. The first-order valence-electron chi connectivity index (χ1n) is 8.49. The number of hydrogen-bond donors (Lipinski definition) is 1. The third-order valence-electron chi connectivity index (χ3n) is 4.75. The van der Waals surface area contributed by atoms with Crippen LogP contribution in [0.5, 0.6) is 0 Å². The Morgan fingerprint density at radius 3 is 2.67 bits per heavy atom. The Labute approximate surface area is 143 Å². The van der Waals surface area contributed by atoms with E-state index in [-0.39, 0.29) is 0 Å². The molecule has 1 aliphatic carbocycles. The van der Waals surface area contributed by atoms with Crippen molar-refractivity contribution in [2.24, 2.45) is 0 Å². The third kappa shape index (κ3) is 2.44. The van der Waals surface area contributed by atoms with Gasteiger partial charge >= 0.3 is 0 Å². The highest BCUT2D eigenvalue weighted by molar-refractivity contribution is 5.85. The molecule has 1 heterocycles. The standard InChI is InChI=1S/C22H22N2/c1-16-12-13-17-15-24(22-11-5-3-4-9-20(22)23-2)21-10-7-6-8-18(21)19(17)14-16/h4-14,23H,3,15H2,1-2H3. The van der Waals surface area contributed by atoms with Crippen LogP contribution >= 0.6 is 0 Å². The van der Waals surface area contributed by atoms with Gasteiger partial charge in [0.25, 0.3) is 0 Å². The average molecular weight is 314 g/mol. The van der Waals surface area contributed by atoms with Crippen LogP contribution in [0.1, 0.15) is 17.5 Å². The molecule has 2 aromatic carbocycles. The van der Waals surface area contributed by atoms with E-state index in [1.807, 2.05) is 7.05 Å². The fourth-order valence-electron chi connectivity index (χ4n) is 3.55. The van der Waals surface area contributed by atoms with Crippen molar-refractivity contribution in [2.45, 2.75) is 19.9 Å². The third-order valence-corrected chi connectivity index (χ3v) is 4.75. The van der Waals surface area contributed by atoms with Crippen molar-refractivity contribution in [3.63, 3.8) is 0 Å². The Bertz CT molecular complexity index is 871. The van der Waals surface area contributed by atoms with Crippen LogP contribution in [0.3, 0.4) is 0 Å². The Balaban J connectivity index is 1.92. The molecule has 0 amide bonds. The highest BCUT2D eigenvalue weighted by Crippen LogP contribution is 2.41. The molecule has 2 aromatic rings. The van der Waals surface area contributed by atoms with Gasteiger partial charge < -0.3 is 10.2 Å². The summed E-state index contributed by atoms with van der Waals surface area (Å²) in [7, 11) is 1.99. The first-order chi connectivity index (χ1) is 11.8. The van der Waals surface area contributed by atoms with Gasteiger partial charge in [-0.3, -0.25) is 0 Å².